The Morgan fingerprint density at radius 3 is 2.33 bits per heavy atom. The van der Waals surface area contributed by atoms with Crippen molar-refractivity contribution in [3.8, 4) is 5.88 Å². The van der Waals surface area contributed by atoms with Gasteiger partial charge in [0, 0.05) is 33.7 Å². The second-order valence-electron chi connectivity index (χ2n) is 10.5. The Labute approximate surface area is 250 Å². The van der Waals surface area contributed by atoms with Gasteiger partial charge in [-0.1, -0.05) is 60.5 Å². The predicted molar refractivity (Wildman–Crippen MR) is 170 cm³/mol. The number of sulfonamides is 1. The number of anilines is 1. The average molecular weight is 599 g/mol. The van der Waals surface area contributed by atoms with E-state index in [2.05, 4.69) is 26.7 Å². The summed E-state index contributed by atoms with van der Waals surface area (Å²) in [6.45, 7) is 3.19. The summed E-state index contributed by atoms with van der Waals surface area (Å²) in [7, 11) is -3.86. The van der Waals surface area contributed by atoms with Gasteiger partial charge < -0.3 is 10.1 Å². The van der Waals surface area contributed by atoms with Crippen LogP contribution in [0.2, 0.25) is 5.02 Å². The molecule has 0 saturated carbocycles. The Kier molecular flexibility index (Phi) is 8.02. The third kappa shape index (κ3) is 6.21. The number of H-pyrrole nitrogens is 1. The maximum Gasteiger partial charge on any atom is 0.261 e. The van der Waals surface area contributed by atoms with Crippen LogP contribution in [0.1, 0.15) is 36.0 Å². The number of hydrogen-bond acceptors (Lipinski definition) is 5. The lowest BCUT2D eigenvalue weighted by molar-refractivity contribution is 0.221. The van der Waals surface area contributed by atoms with E-state index in [4.69, 9.17) is 16.6 Å². The van der Waals surface area contributed by atoms with E-state index in [-0.39, 0.29) is 10.8 Å². The van der Waals surface area contributed by atoms with E-state index in [0.717, 1.165) is 30.9 Å². The minimum atomic E-state index is -3.86. The number of aromatic hydroxyl groups is 1. The molecule has 5 aromatic rings. The van der Waals surface area contributed by atoms with Gasteiger partial charge in [0.25, 0.3) is 10.0 Å². The molecule has 7 nitrogen and oxygen atoms in total. The molecule has 0 amide bonds. The highest BCUT2D eigenvalue weighted by atomic mass is 35.5. The summed E-state index contributed by atoms with van der Waals surface area (Å²) in [5, 5.41) is 12.2. The number of nitrogens with zero attached hydrogens (tertiary/aromatic N) is 2. The molecular formula is C33H31ClN4O3S. The summed E-state index contributed by atoms with van der Waals surface area (Å²) in [4.78, 5) is 10.6. The molecule has 0 atom stereocenters. The third-order valence-electron chi connectivity index (χ3n) is 7.47. The lowest BCUT2D eigenvalue weighted by Gasteiger charge is -2.26. The van der Waals surface area contributed by atoms with E-state index in [1.807, 2.05) is 42.5 Å². The minimum absolute atomic E-state index is 0.0490. The number of halogens is 1. The maximum atomic E-state index is 13.1. The summed E-state index contributed by atoms with van der Waals surface area (Å²) in [5.74, 6) is -0.0490. The zero-order valence-electron chi connectivity index (χ0n) is 22.9. The number of aromatic amines is 1. The summed E-state index contributed by atoms with van der Waals surface area (Å²) < 4.78 is 28.7. The molecule has 42 heavy (non-hydrogen) atoms. The smallest absolute Gasteiger partial charge is 0.261 e. The standard InChI is InChI=1S/C33H31ClN4O3S/c34-25-11-16-28(17-12-25)42(40,41)37-27-15-18-30-29(21-27)31(33(39)36-30)32(24-7-3-1-4-8-24)35-26-13-9-23(10-14-26)22-38-19-5-2-6-20-38/h1,3-4,7-18,21,36-37,39H,2,5-6,19-20,22H2. The van der Waals surface area contributed by atoms with Gasteiger partial charge >= 0.3 is 0 Å². The Hall–Kier alpha value is -4.11. The van der Waals surface area contributed by atoms with E-state index in [0.29, 0.717) is 32.9 Å². The average Bonchev–Trinajstić information content (AvgIpc) is 3.32. The topological polar surface area (TPSA) is 97.8 Å². The highest BCUT2D eigenvalue weighted by Gasteiger charge is 2.21. The van der Waals surface area contributed by atoms with Gasteiger partial charge in [-0.05, 0) is 86.1 Å². The third-order valence-corrected chi connectivity index (χ3v) is 9.12. The van der Waals surface area contributed by atoms with E-state index in [1.165, 1.54) is 49.1 Å². The Morgan fingerprint density at radius 1 is 0.905 bits per heavy atom. The summed E-state index contributed by atoms with van der Waals surface area (Å²) in [6.07, 6.45) is 3.81. The molecule has 1 aliphatic rings. The van der Waals surface area contributed by atoms with Gasteiger partial charge in [-0.25, -0.2) is 13.4 Å². The van der Waals surface area contributed by atoms with Crippen molar-refractivity contribution in [3.63, 3.8) is 0 Å². The van der Waals surface area contributed by atoms with E-state index in [9.17, 15) is 13.5 Å². The Balaban J connectivity index is 1.37. The van der Waals surface area contributed by atoms with Crippen LogP contribution in [-0.4, -0.2) is 42.2 Å². The number of benzene rings is 4. The second kappa shape index (κ2) is 12.0. The van der Waals surface area contributed by atoms with Crippen LogP contribution in [0, 0.1) is 0 Å². The molecule has 4 aromatic carbocycles. The van der Waals surface area contributed by atoms with Gasteiger partial charge in [0.15, 0.2) is 5.88 Å². The molecule has 0 unspecified atom stereocenters. The van der Waals surface area contributed by atoms with Crippen LogP contribution in [0.3, 0.4) is 0 Å². The van der Waals surface area contributed by atoms with Crippen molar-refractivity contribution in [1.82, 2.24) is 9.88 Å². The molecule has 0 radical (unpaired) electrons. The molecule has 1 saturated heterocycles. The molecule has 214 valence electrons. The van der Waals surface area contributed by atoms with Crippen LogP contribution in [0.4, 0.5) is 11.4 Å². The van der Waals surface area contributed by atoms with Gasteiger partial charge in [-0.2, -0.15) is 0 Å². The first-order chi connectivity index (χ1) is 20.4. The molecule has 0 aliphatic carbocycles. The fraction of sp³-hybridized carbons (Fsp3) is 0.182. The number of aliphatic imine (C=N–C) groups is 1. The molecule has 0 spiro atoms. The molecule has 2 heterocycles. The second-order valence-corrected chi connectivity index (χ2v) is 12.6. The predicted octanol–water partition coefficient (Wildman–Crippen LogP) is 7.48. The van der Waals surface area contributed by atoms with Gasteiger partial charge in [0.1, 0.15) is 0 Å². The van der Waals surface area contributed by atoms with E-state index < -0.39 is 10.0 Å². The van der Waals surface area contributed by atoms with Crippen LogP contribution < -0.4 is 4.72 Å². The monoisotopic (exact) mass is 598 g/mol. The highest BCUT2D eigenvalue weighted by molar-refractivity contribution is 7.92. The largest absolute Gasteiger partial charge is 0.494 e. The quantitative estimate of drug-likeness (QED) is 0.161. The number of fused-ring (bicyclic) bond motifs is 1. The fourth-order valence-electron chi connectivity index (χ4n) is 5.35. The zero-order valence-corrected chi connectivity index (χ0v) is 24.5. The molecule has 1 fully saturated rings. The number of likely N-dealkylation sites (tertiary alicyclic amines) is 1. The van der Waals surface area contributed by atoms with Crippen molar-refractivity contribution in [2.45, 2.75) is 30.7 Å². The van der Waals surface area contributed by atoms with E-state index in [1.54, 1.807) is 18.2 Å². The first-order valence-electron chi connectivity index (χ1n) is 13.9. The van der Waals surface area contributed by atoms with Crippen molar-refractivity contribution in [2.24, 2.45) is 4.99 Å². The van der Waals surface area contributed by atoms with Crippen molar-refractivity contribution >= 4 is 49.6 Å². The molecule has 3 N–H and O–H groups in total. The number of aromatic nitrogens is 1. The zero-order chi connectivity index (χ0) is 29.1. The summed E-state index contributed by atoms with van der Waals surface area (Å²) in [5.41, 5.74) is 4.87. The number of nitrogens with one attached hydrogen (secondary N) is 2. The molecule has 9 heteroatoms. The molecule has 6 rings (SSSR count). The summed E-state index contributed by atoms with van der Waals surface area (Å²) >= 11 is 5.94. The van der Waals surface area contributed by atoms with Gasteiger partial charge in [-0.15, -0.1) is 0 Å². The van der Waals surface area contributed by atoms with Crippen LogP contribution >= 0.6 is 11.6 Å². The van der Waals surface area contributed by atoms with E-state index >= 15 is 0 Å². The van der Waals surface area contributed by atoms with Crippen LogP contribution in [0.25, 0.3) is 10.9 Å². The van der Waals surface area contributed by atoms with Crippen molar-refractivity contribution in [2.75, 3.05) is 17.8 Å². The summed E-state index contributed by atoms with van der Waals surface area (Å²) in [6, 6.07) is 28.9. The Bertz CT molecular complexity index is 1830. The molecule has 1 aromatic heterocycles. The maximum absolute atomic E-state index is 13.1. The SMILES string of the molecule is O=S(=O)(Nc1ccc2[nH]c(O)c(C(=Nc3ccc(CN4CCCCC4)cc3)c3ccccc3)c2c1)c1ccc(Cl)cc1. The molecule has 1 aliphatic heterocycles. The van der Waals surface area contributed by atoms with Gasteiger partial charge in [0.2, 0.25) is 0 Å². The van der Waals surface area contributed by atoms with Gasteiger partial charge in [-0.3, -0.25) is 9.62 Å². The molecule has 0 bridgehead atoms. The van der Waals surface area contributed by atoms with Gasteiger partial charge in [0.05, 0.1) is 21.9 Å². The fourth-order valence-corrected chi connectivity index (χ4v) is 6.53. The van der Waals surface area contributed by atoms with Crippen molar-refractivity contribution in [3.05, 3.63) is 119 Å². The van der Waals surface area contributed by atoms with Crippen molar-refractivity contribution < 1.29 is 13.5 Å². The van der Waals surface area contributed by atoms with Crippen LogP contribution in [-0.2, 0) is 16.6 Å². The van der Waals surface area contributed by atoms with Crippen molar-refractivity contribution in [1.29, 1.82) is 0 Å². The number of hydrogen-bond donors (Lipinski definition) is 3. The number of piperidine rings is 1. The minimum Gasteiger partial charge on any atom is -0.494 e. The lowest BCUT2D eigenvalue weighted by atomic mass is 10.0. The highest BCUT2D eigenvalue weighted by Crippen LogP contribution is 2.34. The molecular weight excluding hydrogens is 568 g/mol. The lowest BCUT2D eigenvalue weighted by Crippen LogP contribution is -2.28. The normalized spacial score (nSPS) is 14.7. The van der Waals surface area contributed by atoms with Crippen LogP contribution in [0.15, 0.2) is 107 Å². The first-order valence-corrected chi connectivity index (χ1v) is 15.8. The van der Waals surface area contributed by atoms with Crippen LogP contribution in [0.5, 0.6) is 5.88 Å². The number of rotatable bonds is 8. The first kappa shape index (κ1) is 28.0. The Morgan fingerprint density at radius 2 is 1.62 bits per heavy atom.